The Morgan fingerprint density at radius 1 is 1.43 bits per heavy atom. The standard InChI is InChI=1S/C13H19N3O7/c1-6-3-16(12(21)14-10(6)20)11-13(8(18)5-22-15(13)2)9(19)7(4-17)23-11/h3,7-9,11,17-19H,4-5H2,1-2H3,(H,14,20,21)/t7-,8-,9-,11-,13+/m1/s1. The molecule has 5 atom stereocenters. The van der Waals surface area contributed by atoms with Crippen molar-refractivity contribution in [3.05, 3.63) is 32.6 Å². The number of aliphatic hydroxyl groups excluding tert-OH is 3. The summed E-state index contributed by atoms with van der Waals surface area (Å²) in [5, 5.41) is 31.6. The van der Waals surface area contributed by atoms with E-state index in [1.807, 2.05) is 0 Å². The van der Waals surface area contributed by atoms with Crippen molar-refractivity contribution >= 4 is 0 Å². The first-order valence-corrected chi connectivity index (χ1v) is 7.15. The van der Waals surface area contributed by atoms with Crippen LogP contribution in [0.5, 0.6) is 0 Å². The Bertz CT molecular complexity index is 704. The SMILES string of the molecule is Cc1cn([C@@H]2O[C@H](CO)[C@@H](O)[C@@]23[C@H](O)CON3C)c(=O)[nH]c1=O. The minimum Gasteiger partial charge on any atom is -0.394 e. The number of ether oxygens (including phenoxy) is 1. The Balaban J connectivity index is 2.19. The quantitative estimate of drug-likeness (QED) is 0.453. The van der Waals surface area contributed by atoms with Gasteiger partial charge in [-0.15, -0.1) is 0 Å². The Kier molecular flexibility index (Phi) is 3.91. The van der Waals surface area contributed by atoms with E-state index in [1.165, 1.54) is 25.2 Å². The molecule has 23 heavy (non-hydrogen) atoms. The number of nitrogens with zero attached hydrogens (tertiary/aromatic N) is 2. The largest absolute Gasteiger partial charge is 0.394 e. The Morgan fingerprint density at radius 2 is 2.13 bits per heavy atom. The van der Waals surface area contributed by atoms with Crippen molar-refractivity contribution in [2.24, 2.45) is 0 Å². The van der Waals surface area contributed by atoms with Crippen LogP contribution >= 0.6 is 0 Å². The highest BCUT2D eigenvalue weighted by atomic mass is 16.7. The molecule has 10 nitrogen and oxygen atoms in total. The molecule has 2 aliphatic heterocycles. The molecular weight excluding hydrogens is 310 g/mol. The molecule has 3 rings (SSSR count). The summed E-state index contributed by atoms with van der Waals surface area (Å²) < 4.78 is 6.71. The fourth-order valence-electron chi connectivity index (χ4n) is 3.33. The number of nitrogens with one attached hydrogen (secondary N) is 1. The fourth-order valence-corrected chi connectivity index (χ4v) is 3.33. The molecule has 4 N–H and O–H groups in total. The molecular formula is C13H19N3O7. The van der Waals surface area contributed by atoms with E-state index in [0.29, 0.717) is 0 Å². The number of aromatic amines is 1. The maximum Gasteiger partial charge on any atom is 0.330 e. The molecule has 1 aromatic heterocycles. The molecule has 0 aliphatic carbocycles. The molecule has 0 bridgehead atoms. The van der Waals surface area contributed by atoms with Gasteiger partial charge < -0.3 is 20.1 Å². The van der Waals surface area contributed by atoms with E-state index >= 15 is 0 Å². The van der Waals surface area contributed by atoms with Crippen LogP contribution in [-0.4, -0.2) is 74.0 Å². The van der Waals surface area contributed by atoms with Crippen LogP contribution in [0.1, 0.15) is 11.8 Å². The Labute approximate surface area is 130 Å². The van der Waals surface area contributed by atoms with Gasteiger partial charge in [-0.1, -0.05) is 0 Å². The van der Waals surface area contributed by atoms with E-state index in [0.717, 1.165) is 4.57 Å². The van der Waals surface area contributed by atoms with Crippen LogP contribution in [-0.2, 0) is 9.57 Å². The zero-order valence-corrected chi connectivity index (χ0v) is 12.7. The molecule has 2 fully saturated rings. The highest BCUT2D eigenvalue weighted by Crippen LogP contribution is 2.46. The lowest BCUT2D eigenvalue weighted by Crippen LogP contribution is -2.61. The van der Waals surface area contributed by atoms with Crippen LogP contribution in [0.15, 0.2) is 15.8 Å². The van der Waals surface area contributed by atoms with E-state index < -0.39 is 47.9 Å². The number of hydroxylamine groups is 2. The van der Waals surface area contributed by atoms with Crippen LogP contribution in [0.25, 0.3) is 0 Å². The number of aliphatic hydroxyl groups is 3. The predicted molar refractivity (Wildman–Crippen MR) is 75.5 cm³/mol. The molecule has 1 aromatic rings. The normalized spacial score (nSPS) is 37.8. The second kappa shape index (κ2) is 5.51. The summed E-state index contributed by atoms with van der Waals surface area (Å²) in [6, 6.07) is 0. The van der Waals surface area contributed by atoms with Crippen molar-refractivity contribution in [3.63, 3.8) is 0 Å². The monoisotopic (exact) mass is 329 g/mol. The fraction of sp³-hybridized carbons (Fsp3) is 0.692. The van der Waals surface area contributed by atoms with Gasteiger partial charge in [0.1, 0.15) is 23.9 Å². The van der Waals surface area contributed by atoms with Gasteiger partial charge in [-0.25, -0.2) is 4.79 Å². The van der Waals surface area contributed by atoms with Crippen molar-refractivity contribution in [1.29, 1.82) is 0 Å². The molecule has 10 heteroatoms. The van der Waals surface area contributed by atoms with Crippen molar-refractivity contribution in [2.45, 2.75) is 37.0 Å². The summed E-state index contributed by atoms with van der Waals surface area (Å²) in [7, 11) is 1.50. The lowest BCUT2D eigenvalue weighted by atomic mass is 9.85. The molecule has 0 radical (unpaired) electrons. The summed E-state index contributed by atoms with van der Waals surface area (Å²) in [5.41, 5.74) is -2.50. The first kappa shape index (κ1) is 16.3. The topological polar surface area (TPSA) is 137 Å². The lowest BCUT2D eigenvalue weighted by molar-refractivity contribution is -0.192. The predicted octanol–water partition coefficient (Wildman–Crippen LogP) is -2.93. The maximum atomic E-state index is 12.2. The van der Waals surface area contributed by atoms with Gasteiger partial charge in [0, 0.05) is 18.8 Å². The van der Waals surface area contributed by atoms with Crippen molar-refractivity contribution < 1.29 is 24.9 Å². The van der Waals surface area contributed by atoms with Crippen molar-refractivity contribution in [2.75, 3.05) is 20.3 Å². The van der Waals surface area contributed by atoms with Gasteiger partial charge in [0.2, 0.25) is 0 Å². The lowest BCUT2D eigenvalue weighted by Gasteiger charge is -2.38. The number of hydrogen-bond acceptors (Lipinski definition) is 8. The van der Waals surface area contributed by atoms with Gasteiger partial charge in [0.25, 0.3) is 5.56 Å². The summed E-state index contributed by atoms with van der Waals surface area (Å²) in [6.45, 7) is 0.918. The van der Waals surface area contributed by atoms with Gasteiger partial charge in [0.05, 0.1) is 13.2 Å². The summed E-state index contributed by atoms with van der Waals surface area (Å²) in [5.74, 6) is 0. The molecule has 128 valence electrons. The van der Waals surface area contributed by atoms with Crippen LogP contribution in [0.3, 0.4) is 0 Å². The number of likely N-dealkylation sites (N-methyl/N-ethyl adjacent to an activating group) is 1. The summed E-state index contributed by atoms with van der Waals surface area (Å²) in [4.78, 5) is 31.2. The van der Waals surface area contributed by atoms with Gasteiger partial charge >= 0.3 is 5.69 Å². The average molecular weight is 329 g/mol. The van der Waals surface area contributed by atoms with Crippen LogP contribution in [0, 0.1) is 6.92 Å². The molecule has 3 heterocycles. The van der Waals surface area contributed by atoms with E-state index in [4.69, 9.17) is 9.57 Å². The van der Waals surface area contributed by atoms with E-state index in [2.05, 4.69) is 4.98 Å². The molecule has 0 aromatic carbocycles. The zero-order chi connectivity index (χ0) is 16.9. The highest BCUT2D eigenvalue weighted by molar-refractivity contribution is 5.14. The molecule has 0 unspecified atom stereocenters. The summed E-state index contributed by atoms with van der Waals surface area (Å²) >= 11 is 0. The van der Waals surface area contributed by atoms with Crippen molar-refractivity contribution in [1.82, 2.24) is 14.6 Å². The van der Waals surface area contributed by atoms with E-state index in [1.54, 1.807) is 0 Å². The van der Waals surface area contributed by atoms with E-state index in [-0.39, 0.29) is 12.2 Å². The first-order chi connectivity index (χ1) is 10.8. The van der Waals surface area contributed by atoms with E-state index in [9.17, 15) is 24.9 Å². The van der Waals surface area contributed by atoms with Gasteiger partial charge in [0.15, 0.2) is 6.23 Å². The molecule has 1 spiro atoms. The smallest absolute Gasteiger partial charge is 0.330 e. The van der Waals surface area contributed by atoms with Gasteiger partial charge in [-0.3, -0.25) is 19.2 Å². The van der Waals surface area contributed by atoms with Crippen LogP contribution < -0.4 is 11.2 Å². The van der Waals surface area contributed by atoms with Crippen LogP contribution in [0.4, 0.5) is 0 Å². The Hall–Kier alpha value is -1.56. The number of rotatable bonds is 2. The average Bonchev–Trinajstić information content (AvgIpc) is 2.97. The summed E-state index contributed by atoms with van der Waals surface area (Å²) in [6.07, 6.45) is -3.35. The third-order valence-electron chi connectivity index (χ3n) is 4.61. The number of hydrogen-bond donors (Lipinski definition) is 4. The number of H-pyrrole nitrogens is 1. The third-order valence-corrected chi connectivity index (χ3v) is 4.61. The van der Waals surface area contributed by atoms with Gasteiger partial charge in [-0.05, 0) is 6.92 Å². The first-order valence-electron chi connectivity index (χ1n) is 7.15. The maximum absolute atomic E-state index is 12.2. The molecule has 0 saturated carbocycles. The second-order valence-electron chi connectivity index (χ2n) is 5.83. The van der Waals surface area contributed by atoms with Crippen molar-refractivity contribution in [3.8, 4) is 0 Å². The minimum absolute atomic E-state index is 0.0946. The molecule has 0 amide bonds. The highest BCUT2D eigenvalue weighted by Gasteiger charge is 2.66. The van der Waals surface area contributed by atoms with Crippen LogP contribution in [0.2, 0.25) is 0 Å². The number of aryl methyl sites for hydroxylation is 1. The van der Waals surface area contributed by atoms with Gasteiger partial charge in [-0.2, -0.15) is 5.06 Å². The zero-order valence-electron chi connectivity index (χ0n) is 12.7. The third kappa shape index (κ3) is 2.11. The number of aromatic nitrogens is 2. The Morgan fingerprint density at radius 3 is 2.70 bits per heavy atom. The minimum atomic E-state index is -1.48. The second-order valence-corrected chi connectivity index (χ2v) is 5.83. The molecule has 2 saturated heterocycles. The molecule has 2 aliphatic rings.